The molecule has 2 aliphatic heterocycles. The Balaban J connectivity index is 1.23. The van der Waals surface area contributed by atoms with Crippen LogP contribution in [0.2, 0.25) is 0 Å². The normalized spacial score (nSPS) is 21.8. The summed E-state index contributed by atoms with van der Waals surface area (Å²) >= 11 is 0. The van der Waals surface area contributed by atoms with Gasteiger partial charge in [0.1, 0.15) is 5.52 Å². The van der Waals surface area contributed by atoms with Crippen molar-refractivity contribution in [2.75, 3.05) is 26.2 Å². The van der Waals surface area contributed by atoms with Gasteiger partial charge in [-0.25, -0.2) is 13.4 Å². The number of rotatable bonds is 5. The van der Waals surface area contributed by atoms with Crippen LogP contribution < -0.4 is 0 Å². The lowest BCUT2D eigenvalue weighted by molar-refractivity contribution is 0.170. The van der Waals surface area contributed by atoms with Gasteiger partial charge in [0.05, 0.1) is 4.90 Å². The van der Waals surface area contributed by atoms with Crippen LogP contribution >= 0.6 is 0 Å². The molecule has 0 spiro atoms. The highest BCUT2D eigenvalue weighted by Crippen LogP contribution is 2.32. The van der Waals surface area contributed by atoms with Crippen LogP contribution in [0, 0.1) is 6.92 Å². The van der Waals surface area contributed by atoms with E-state index in [1.54, 1.807) is 16.4 Å². The highest BCUT2D eigenvalue weighted by atomic mass is 32.2. The third kappa shape index (κ3) is 4.14. The predicted octanol–water partition coefficient (Wildman–Crippen LogP) is 4.17. The number of aryl methyl sites for hydroxylation is 1. The molecule has 1 aromatic heterocycles. The average Bonchev–Trinajstić information content (AvgIpc) is 3.41. The van der Waals surface area contributed by atoms with Gasteiger partial charge in [0.25, 0.3) is 0 Å². The van der Waals surface area contributed by atoms with E-state index in [0.717, 1.165) is 67.9 Å². The molecule has 31 heavy (non-hydrogen) atoms. The van der Waals surface area contributed by atoms with E-state index in [2.05, 4.69) is 9.88 Å². The van der Waals surface area contributed by atoms with Crippen molar-refractivity contribution in [1.29, 1.82) is 0 Å². The van der Waals surface area contributed by atoms with Crippen molar-refractivity contribution in [3.05, 3.63) is 60.0 Å². The summed E-state index contributed by atoms with van der Waals surface area (Å²) in [6.07, 6.45) is 3.83. The van der Waals surface area contributed by atoms with Crippen LogP contribution in [0.25, 0.3) is 11.1 Å². The van der Waals surface area contributed by atoms with Crippen molar-refractivity contribution in [2.45, 2.75) is 49.5 Å². The van der Waals surface area contributed by atoms with Gasteiger partial charge in [-0.05, 0) is 75.5 Å². The highest BCUT2D eigenvalue weighted by Gasteiger charge is 2.37. The number of hydrogen-bond donors (Lipinski definition) is 0. The second-order valence-corrected chi connectivity index (χ2v) is 10.7. The Kier molecular flexibility index (Phi) is 5.58. The number of para-hydroxylation sites is 2. The first-order valence-electron chi connectivity index (χ1n) is 11.2. The number of likely N-dealkylation sites (tertiary alicyclic amines) is 1. The zero-order chi connectivity index (χ0) is 21.4. The Morgan fingerprint density at radius 1 is 1.03 bits per heavy atom. The van der Waals surface area contributed by atoms with Gasteiger partial charge >= 0.3 is 0 Å². The highest BCUT2D eigenvalue weighted by molar-refractivity contribution is 7.89. The van der Waals surface area contributed by atoms with E-state index in [9.17, 15) is 8.42 Å². The van der Waals surface area contributed by atoms with E-state index in [-0.39, 0.29) is 6.04 Å². The fraction of sp³-hybridized carbons (Fsp3) is 0.458. The van der Waals surface area contributed by atoms with E-state index in [1.807, 2.05) is 43.3 Å². The van der Waals surface area contributed by atoms with Gasteiger partial charge in [0.15, 0.2) is 11.5 Å². The van der Waals surface area contributed by atoms with E-state index < -0.39 is 10.0 Å². The van der Waals surface area contributed by atoms with Gasteiger partial charge in [0, 0.05) is 25.0 Å². The minimum absolute atomic E-state index is 0.0476. The Morgan fingerprint density at radius 3 is 2.61 bits per heavy atom. The summed E-state index contributed by atoms with van der Waals surface area (Å²) in [4.78, 5) is 7.50. The fourth-order valence-corrected chi connectivity index (χ4v) is 6.73. The number of aromatic nitrogens is 1. The van der Waals surface area contributed by atoms with Crippen LogP contribution in [0.15, 0.2) is 57.8 Å². The van der Waals surface area contributed by atoms with Gasteiger partial charge in [-0.2, -0.15) is 4.31 Å². The van der Waals surface area contributed by atoms with Crippen LogP contribution in [-0.4, -0.2) is 54.8 Å². The number of oxazole rings is 1. The molecule has 0 bridgehead atoms. The Labute approximate surface area is 183 Å². The third-order valence-corrected chi connectivity index (χ3v) is 8.58. The molecule has 0 aliphatic carbocycles. The summed E-state index contributed by atoms with van der Waals surface area (Å²) in [6, 6.07) is 15.2. The third-order valence-electron chi connectivity index (χ3n) is 6.64. The van der Waals surface area contributed by atoms with Crippen LogP contribution in [0.3, 0.4) is 0 Å². The molecule has 1 atom stereocenters. The average molecular weight is 440 g/mol. The minimum Gasteiger partial charge on any atom is -0.440 e. The molecule has 0 N–H and O–H groups in total. The van der Waals surface area contributed by atoms with Gasteiger partial charge in [-0.1, -0.05) is 24.3 Å². The molecule has 2 fully saturated rings. The largest absolute Gasteiger partial charge is 0.440 e. The molecule has 3 heterocycles. The lowest BCUT2D eigenvalue weighted by atomic mass is 9.96. The van der Waals surface area contributed by atoms with Crippen molar-refractivity contribution in [2.24, 2.45) is 0 Å². The molecule has 0 saturated carbocycles. The van der Waals surface area contributed by atoms with Gasteiger partial charge in [-0.15, -0.1) is 0 Å². The molecular weight excluding hydrogens is 410 g/mol. The maximum absolute atomic E-state index is 13.2. The SMILES string of the molecule is Cc1cccc(S(=O)(=O)N2CCC[C@H]2CN2CCC(c3nc4ccccc4o3)CC2)c1. The van der Waals surface area contributed by atoms with Gasteiger partial charge in [-0.3, -0.25) is 0 Å². The molecule has 0 unspecified atom stereocenters. The summed E-state index contributed by atoms with van der Waals surface area (Å²) in [6.45, 7) is 5.23. The fourth-order valence-electron chi connectivity index (χ4n) is 4.94. The first-order chi connectivity index (χ1) is 15.0. The van der Waals surface area contributed by atoms with Crippen LogP contribution in [0.5, 0.6) is 0 Å². The molecule has 0 radical (unpaired) electrons. The second-order valence-electron chi connectivity index (χ2n) is 8.82. The maximum atomic E-state index is 13.2. The smallest absolute Gasteiger partial charge is 0.243 e. The Bertz CT molecular complexity index is 1130. The number of nitrogens with zero attached hydrogens (tertiary/aromatic N) is 3. The molecule has 6 nitrogen and oxygen atoms in total. The number of fused-ring (bicyclic) bond motifs is 1. The first-order valence-corrected chi connectivity index (χ1v) is 12.6. The van der Waals surface area contributed by atoms with E-state index in [1.165, 1.54) is 0 Å². The monoisotopic (exact) mass is 439 g/mol. The molecule has 164 valence electrons. The Morgan fingerprint density at radius 2 is 1.84 bits per heavy atom. The summed E-state index contributed by atoms with van der Waals surface area (Å²) in [5.41, 5.74) is 2.74. The number of benzene rings is 2. The summed E-state index contributed by atoms with van der Waals surface area (Å²) in [5, 5.41) is 0. The lowest BCUT2D eigenvalue weighted by Crippen LogP contribution is -2.45. The van der Waals surface area contributed by atoms with Crippen molar-refractivity contribution < 1.29 is 12.8 Å². The summed E-state index contributed by atoms with van der Waals surface area (Å²) in [5.74, 6) is 1.17. The summed E-state index contributed by atoms with van der Waals surface area (Å²) in [7, 11) is -3.45. The van der Waals surface area contributed by atoms with Crippen molar-refractivity contribution in [1.82, 2.24) is 14.2 Å². The van der Waals surface area contributed by atoms with E-state index in [4.69, 9.17) is 4.42 Å². The number of hydrogen-bond acceptors (Lipinski definition) is 5. The number of piperidine rings is 1. The molecule has 0 amide bonds. The molecule has 2 aliphatic rings. The topological polar surface area (TPSA) is 66.7 Å². The van der Waals surface area contributed by atoms with Crippen LogP contribution in [0.1, 0.15) is 43.1 Å². The predicted molar refractivity (Wildman–Crippen MR) is 121 cm³/mol. The molecular formula is C24H29N3O3S. The summed E-state index contributed by atoms with van der Waals surface area (Å²) < 4.78 is 34.2. The maximum Gasteiger partial charge on any atom is 0.243 e. The zero-order valence-corrected chi connectivity index (χ0v) is 18.7. The minimum atomic E-state index is -3.45. The molecule has 5 rings (SSSR count). The Hall–Kier alpha value is -2.22. The van der Waals surface area contributed by atoms with Gasteiger partial charge in [0.2, 0.25) is 10.0 Å². The molecule has 3 aromatic rings. The van der Waals surface area contributed by atoms with Crippen molar-refractivity contribution >= 4 is 21.1 Å². The quantitative estimate of drug-likeness (QED) is 0.597. The van der Waals surface area contributed by atoms with E-state index in [0.29, 0.717) is 17.4 Å². The second kappa shape index (κ2) is 8.37. The number of sulfonamides is 1. The standard InChI is InChI=1S/C24H29N3O3S/c1-18-6-4-8-21(16-18)31(28,29)27-13-5-7-20(27)17-26-14-11-19(12-15-26)24-25-22-9-2-3-10-23(22)30-24/h2-4,6,8-10,16,19-20H,5,7,11-15,17H2,1H3/t20-/m0/s1. The molecule has 7 heteroatoms. The van der Waals surface area contributed by atoms with E-state index >= 15 is 0 Å². The lowest BCUT2D eigenvalue weighted by Gasteiger charge is -2.34. The first kappa shape index (κ1) is 20.7. The van der Waals surface area contributed by atoms with Crippen molar-refractivity contribution in [3.63, 3.8) is 0 Å². The van der Waals surface area contributed by atoms with Crippen LogP contribution in [-0.2, 0) is 10.0 Å². The molecule has 2 aromatic carbocycles. The molecule has 2 saturated heterocycles. The zero-order valence-electron chi connectivity index (χ0n) is 17.9. The van der Waals surface area contributed by atoms with Crippen molar-refractivity contribution in [3.8, 4) is 0 Å². The van der Waals surface area contributed by atoms with Gasteiger partial charge < -0.3 is 9.32 Å². The van der Waals surface area contributed by atoms with Crippen LogP contribution in [0.4, 0.5) is 0 Å².